The highest BCUT2D eigenvalue weighted by Gasteiger charge is 2.08. The molecule has 1 aromatic carbocycles. The SMILES string of the molecule is CC(C)Nc1ccc([N+](=O)[O-])cc1Br. The van der Waals surface area contributed by atoms with Gasteiger partial charge >= 0.3 is 0 Å². The summed E-state index contributed by atoms with van der Waals surface area (Å²) >= 11 is 3.28. The molecule has 1 N–H and O–H groups in total. The van der Waals surface area contributed by atoms with E-state index in [0.717, 1.165) is 5.69 Å². The Morgan fingerprint density at radius 1 is 1.50 bits per heavy atom. The van der Waals surface area contributed by atoms with Gasteiger partial charge in [0, 0.05) is 28.3 Å². The minimum absolute atomic E-state index is 0.0891. The van der Waals surface area contributed by atoms with Crippen LogP contribution < -0.4 is 5.32 Å². The van der Waals surface area contributed by atoms with E-state index in [1.807, 2.05) is 13.8 Å². The Kier molecular flexibility index (Phi) is 3.46. The number of rotatable bonds is 3. The fourth-order valence-electron chi connectivity index (χ4n) is 1.05. The summed E-state index contributed by atoms with van der Waals surface area (Å²) in [5, 5.41) is 13.6. The predicted octanol–water partition coefficient (Wildman–Crippen LogP) is 3.18. The number of nitrogens with zero attached hydrogens (tertiary/aromatic N) is 1. The van der Waals surface area contributed by atoms with Crippen molar-refractivity contribution in [2.75, 3.05) is 5.32 Å². The maximum Gasteiger partial charge on any atom is 0.270 e. The van der Waals surface area contributed by atoms with Crippen LogP contribution in [-0.2, 0) is 0 Å². The van der Waals surface area contributed by atoms with Gasteiger partial charge in [-0.2, -0.15) is 0 Å². The molecule has 0 aliphatic heterocycles. The van der Waals surface area contributed by atoms with Crippen LogP contribution in [0.4, 0.5) is 11.4 Å². The lowest BCUT2D eigenvalue weighted by molar-refractivity contribution is -0.384. The second kappa shape index (κ2) is 4.41. The van der Waals surface area contributed by atoms with E-state index in [1.165, 1.54) is 12.1 Å². The zero-order chi connectivity index (χ0) is 10.7. The van der Waals surface area contributed by atoms with Gasteiger partial charge in [-0.3, -0.25) is 10.1 Å². The zero-order valence-electron chi connectivity index (χ0n) is 7.95. The van der Waals surface area contributed by atoms with E-state index in [-0.39, 0.29) is 5.69 Å². The van der Waals surface area contributed by atoms with Crippen molar-refractivity contribution in [1.29, 1.82) is 0 Å². The van der Waals surface area contributed by atoms with Gasteiger partial charge < -0.3 is 5.32 Å². The van der Waals surface area contributed by atoms with Crippen LogP contribution in [0.2, 0.25) is 0 Å². The smallest absolute Gasteiger partial charge is 0.270 e. The Bertz CT molecular complexity index is 353. The van der Waals surface area contributed by atoms with Gasteiger partial charge in [-0.1, -0.05) is 0 Å². The maximum atomic E-state index is 10.5. The van der Waals surface area contributed by atoms with Crippen molar-refractivity contribution in [2.45, 2.75) is 19.9 Å². The van der Waals surface area contributed by atoms with Crippen molar-refractivity contribution in [3.63, 3.8) is 0 Å². The standard InChI is InChI=1S/C9H11BrN2O2/c1-6(2)11-9-4-3-7(12(13)14)5-8(9)10/h3-6,11H,1-2H3. The van der Waals surface area contributed by atoms with E-state index in [0.29, 0.717) is 10.5 Å². The van der Waals surface area contributed by atoms with E-state index in [9.17, 15) is 10.1 Å². The Hall–Kier alpha value is -1.10. The zero-order valence-corrected chi connectivity index (χ0v) is 9.54. The summed E-state index contributed by atoms with van der Waals surface area (Å²) in [7, 11) is 0. The summed E-state index contributed by atoms with van der Waals surface area (Å²) in [5.41, 5.74) is 0.955. The van der Waals surface area contributed by atoms with Gasteiger partial charge in [0.2, 0.25) is 0 Å². The molecule has 0 aliphatic rings. The number of non-ortho nitro benzene ring substituents is 1. The molecule has 0 heterocycles. The average Bonchev–Trinajstić information content (AvgIpc) is 2.07. The Labute approximate surface area is 90.6 Å². The van der Waals surface area contributed by atoms with Gasteiger partial charge in [0.15, 0.2) is 0 Å². The fraction of sp³-hybridized carbons (Fsp3) is 0.333. The quantitative estimate of drug-likeness (QED) is 0.670. The fourth-order valence-corrected chi connectivity index (χ4v) is 1.53. The summed E-state index contributed by atoms with van der Waals surface area (Å²) in [6.07, 6.45) is 0. The molecule has 0 saturated heterocycles. The lowest BCUT2D eigenvalue weighted by Gasteiger charge is -2.11. The molecule has 0 radical (unpaired) electrons. The first-order valence-corrected chi connectivity index (χ1v) is 5.00. The van der Waals surface area contributed by atoms with Gasteiger partial charge in [-0.15, -0.1) is 0 Å². The number of hydrogen-bond acceptors (Lipinski definition) is 3. The van der Waals surface area contributed by atoms with Crippen LogP contribution in [0.1, 0.15) is 13.8 Å². The van der Waals surface area contributed by atoms with E-state index in [4.69, 9.17) is 0 Å². The molecule has 14 heavy (non-hydrogen) atoms. The summed E-state index contributed by atoms with van der Waals surface area (Å²) < 4.78 is 0.709. The molecule has 0 spiro atoms. The highest BCUT2D eigenvalue weighted by atomic mass is 79.9. The number of halogens is 1. The molecule has 0 unspecified atom stereocenters. The lowest BCUT2D eigenvalue weighted by Crippen LogP contribution is -2.10. The summed E-state index contributed by atoms with van der Waals surface area (Å²) in [4.78, 5) is 10.0. The van der Waals surface area contributed by atoms with Crippen molar-refractivity contribution in [3.8, 4) is 0 Å². The van der Waals surface area contributed by atoms with Gasteiger partial charge in [0.05, 0.1) is 4.92 Å². The van der Waals surface area contributed by atoms with Crippen LogP contribution in [-0.4, -0.2) is 11.0 Å². The molecular weight excluding hydrogens is 248 g/mol. The Morgan fingerprint density at radius 2 is 2.14 bits per heavy atom. The van der Waals surface area contributed by atoms with E-state index in [1.54, 1.807) is 6.07 Å². The molecule has 0 amide bonds. The van der Waals surface area contributed by atoms with Crippen molar-refractivity contribution < 1.29 is 4.92 Å². The molecule has 0 aliphatic carbocycles. The number of anilines is 1. The number of benzene rings is 1. The highest BCUT2D eigenvalue weighted by Crippen LogP contribution is 2.27. The molecule has 0 fully saturated rings. The van der Waals surface area contributed by atoms with E-state index in [2.05, 4.69) is 21.2 Å². The van der Waals surface area contributed by atoms with Crippen LogP contribution in [0.5, 0.6) is 0 Å². The maximum absolute atomic E-state index is 10.5. The number of hydrogen-bond donors (Lipinski definition) is 1. The minimum atomic E-state index is -0.413. The van der Waals surface area contributed by atoms with Gasteiger partial charge in [0.25, 0.3) is 5.69 Å². The molecule has 4 nitrogen and oxygen atoms in total. The largest absolute Gasteiger partial charge is 0.382 e. The molecule has 0 aromatic heterocycles. The normalized spacial score (nSPS) is 10.3. The molecular formula is C9H11BrN2O2. The van der Waals surface area contributed by atoms with Gasteiger partial charge in [0.1, 0.15) is 0 Å². The molecule has 76 valence electrons. The van der Waals surface area contributed by atoms with Crippen molar-refractivity contribution >= 4 is 27.3 Å². The second-order valence-electron chi connectivity index (χ2n) is 3.22. The third-order valence-electron chi connectivity index (χ3n) is 1.61. The first-order chi connectivity index (χ1) is 6.50. The molecule has 0 bridgehead atoms. The summed E-state index contributed by atoms with van der Waals surface area (Å²) in [5.74, 6) is 0. The van der Waals surface area contributed by atoms with Crippen LogP contribution in [0.15, 0.2) is 22.7 Å². The Morgan fingerprint density at radius 3 is 2.57 bits per heavy atom. The van der Waals surface area contributed by atoms with Crippen molar-refractivity contribution in [2.24, 2.45) is 0 Å². The first-order valence-electron chi connectivity index (χ1n) is 4.21. The molecule has 5 heteroatoms. The molecule has 1 rings (SSSR count). The number of nitro groups is 1. The van der Waals surface area contributed by atoms with E-state index < -0.39 is 4.92 Å². The summed E-state index contributed by atoms with van der Waals surface area (Å²) in [6.45, 7) is 4.02. The predicted molar refractivity (Wildman–Crippen MR) is 59.6 cm³/mol. The first kappa shape index (κ1) is 11.0. The average molecular weight is 259 g/mol. The third kappa shape index (κ3) is 2.70. The van der Waals surface area contributed by atoms with Crippen molar-refractivity contribution in [3.05, 3.63) is 32.8 Å². The Balaban J connectivity index is 2.95. The monoisotopic (exact) mass is 258 g/mol. The van der Waals surface area contributed by atoms with Gasteiger partial charge in [-0.25, -0.2) is 0 Å². The third-order valence-corrected chi connectivity index (χ3v) is 2.26. The van der Waals surface area contributed by atoms with Crippen LogP contribution in [0.3, 0.4) is 0 Å². The second-order valence-corrected chi connectivity index (χ2v) is 4.07. The minimum Gasteiger partial charge on any atom is -0.382 e. The summed E-state index contributed by atoms with van der Waals surface area (Å²) in [6, 6.07) is 4.97. The van der Waals surface area contributed by atoms with Crippen LogP contribution in [0, 0.1) is 10.1 Å². The topological polar surface area (TPSA) is 55.2 Å². The number of nitro benzene ring substituents is 1. The van der Waals surface area contributed by atoms with Crippen LogP contribution >= 0.6 is 15.9 Å². The highest BCUT2D eigenvalue weighted by molar-refractivity contribution is 9.10. The molecule has 1 aromatic rings. The number of nitrogens with one attached hydrogen (secondary N) is 1. The van der Waals surface area contributed by atoms with Gasteiger partial charge in [-0.05, 0) is 35.8 Å². The van der Waals surface area contributed by atoms with Crippen LogP contribution in [0.25, 0.3) is 0 Å². The lowest BCUT2D eigenvalue weighted by atomic mass is 10.2. The molecule has 0 saturated carbocycles. The molecule has 0 atom stereocenters. The van der Waals surface area contributed by atoms with Crippen molar-refractivity contribution in [1.82, 2.24) is 0 Å². The van der Waals surface area contributed by atoms with E-state index >= 15 is 0 Å².